The van der Waals surface area contributed by atoms with Crippen molar-refractivity contribution in [2.75, 3.05) is 11.9 Å². The highest BCUT2D eigenvalue weighted by Gasteiger charge is 2.13. The van der Waals surface area contributed by atoms with Crippen molar-refractivity contribution < 1.29 is 9.90 Å². The van der Waals surface area contributed by atoms with E-state index in [1.54, 1.807) is 12.1 Å². The summed E-state index contributed by atoms with van der Waals surface area (Å²) in [4.78, 5) is 15.3. The topological polar surface area (TPSA) is 62.2 Å². The van der Waals surface area contributed by atoms with Crippen molar-refractivity contribution in [3.63, 3.8) is 0 Å². The van der Waals surface area contributed by atoms with Crippen LogP contribution in [0.1, 0.15) is 54.6 Å². The van der Waals surface area contributed by atoms with Crippen molar-refractivity contribution in [2.45, 2.75) is 45.4 Å². The van der Waals surface area contributed by atoms with Crippen LogP contribution in [0.15, 0.2) is 12.1 Å². The molecule has 2 N–H and O–H groups in total. The van der Waals surface area contributed by atoms with Crippen molar-refractivity contribution in [3.05, 3.63) is 23.4 Å². The molecule has 1 aromatic rings. The van der Waals surface area contributed by atoms with Crippen LogP contribution >= 0.6 is 0 Å². The molecule has 1 aromatic heterocycles. The summed E-state index contributed by atoms with van der Waals surface area (Å²) in [6.45, 7) is 2.69. The monoisotopic (exact) mass is 262 g/mol. The van der Waals surface area contributed by atoms with Crippen LogP contribution in [0.25, 0.3) is 0 Å². The molecule has 1 saturated carbocycles. The number of nitrogens with zero attached hydrogens (tertiary/aromatic N) is 1. The molecule has 1 fully saturated rings. The molecule has 2 rings (SSSR count). The summed E-state index contributed by atoms with van der Waals surface area (Å²) in [5.74, 6) is 0.596. The fourth-order valence-electron chi connectivity index (χ4n) is 2.76. The zero-order chi connectivity index (χ0) is 13.7. The Kier molecular flexibility index (Phi) is 4.77. The van der Waals surface area contributed by atoms with Gasteiger partial charge in [0.1, 0.15) is 5.82 Å². The van der Waals surface area contributed by atoms with Crippen molar-refractivity contribution in [1.82, 2.24) is 4.98 Å². The van der Waals surface area contributed by atoms with Gasteiger partial charge in [-0.15, -0.1) is 0 Å². The average molecular weight is 262 g/mol. The maximum Gasteiger partial charge on any atom is 0.335 e. The third-order valence-electron chi connectivity index (χ3n) is 3.78. The van der Waals surface area contributed by atoms with Crippen molar-refractivity contribution in [3.8, 4) is 0 Å². The molecule has 0 atom stereocenters. The molecule has 4 nitrogen and oxygen atoms in total. The van der Waals surface area contributed by atoms with E-state index in [-0.39, 0.29) is 0 Å². The van der Waals surface area contributed by atoms with Crippen LogP contribution in [0.4, 0.5) is 5.82 Å². The lowest BCUT2D eigenvalue weighted by Gasteiger charge is -2.21. The van der Waals surface area contributed by atoms with E-state index in [4.69, 9.17) is 5.11 Å². The van der Waals surface area contributed by atoms with Crippen LogP contribution in [0.2, 0.25) is 0 Å². The number of pyridine rings is 1. The summed E-state index contributed by atoms with van der Waals surface area (Å²) in [7, 11) is 0. The highest BCUT2D eigenvalue weighted by molar-refractivity contribution is 5.88. The van der Waals surface area contributed by atoms with E-state index in [2.05, 4.69) is 10.3 Å². The summed E-state index contributed by atoms with van der Waals surface area (Å²) in [6.07, 6.45) is 7.92. The number of carboxylic acids is 1. The Hall–Kier alpha value is -1.58. The van der Waals surface area contributed by atoms with Gasteiger partial charge in [-0.2, -0.15) is 0 Å². The minimum Gasteiger partial charge on any atom is -0.478 e. The maximum absolute atomic E-state index is 11.0. The highest BCUT2D eigenvalue weighted by atomic mass is 16.4. The lowest BCUT2D eigenvalue weighted by molar-refractivity contribution is 0.0696. The second kappa shape index (κ2) is 6.55. The molecule has 0 spiro atoms. The van der Waals surface area contributed by atoms with Gasteiger partial charge in [0, 0.05) is 12.2 Å². The number of aryl methyl sites for hydroxylation is 1. The van der Waals surface area contributed by atoms with Gasteiger partial charge in [-0.05, 0) is 31.4 Å². The first kappa shape index (κ1) is 13.8. The quantitative estimate of drug-likeness (QED) is 0.853. The van der Waals surface area contributed by atoms with Crippen molar-refractivity contribution in [2.24, 2.45) is 5.92 Å². The lowest BCUT2D eigenvalue weighted by atomic mass is 9.87. The number of nitrogens with one attached hydrogen (secondary N) is 1. The predicted molar refractivity (Wildman–Crippen MR) is 75.6 cm³/mol. The molecule has 0 radical (unpaired) electrons. The standard InChI is InChI=1S/C15H22N2O2/c1-11-9-13(15(18)19)10-14(17-11)16-8-7-12-5-3-2-4-6-12/h9-10,12H,2-8H2,1H3,(H,16,17)(H,18,19). The van der Waals surface area contributed by atoms with Crippen LogP contribution in [-0.2, 0) is 0 Å². The van der Waals surface area contributed by atoms with E-state index in [1.165, 1.54) is 32.1 Å². The maximum atomic E-state index is 11.0. The summed E-state index contributed by atoms with van der Waals surface area (Å²) < 4.78 is 0. The van der Waals surface area contributed by atoms with E-state index < -0.39 is 5.97 Å². The third kappa shape index (κ3) is 4.23. The Labute approximate surface area is 114 Å². The van der Waals surface area contributed by atoms with Gasteiger partial charge in [0.25, 0.3) is 0 Å². The molecule has 1 aliphatic carbocycles. The minimum atomic E-state index is -0.902. The molecule has 1 aliphatic rings. The Balaban J connectivity index is 1.86. The Morgan fingerprint density at radius 2 is 2.11 bits per heavy atom. The van der Waals surface area contributed by atoms with Crippen molar-refractivity contribution >= 4 is 11.8 Å². The normalized spacial score (nSPS) is 16.3. The molecular formula is C15H22N2O2. The van der Waals surface area contributed by atoms with E-state index in [9.17, 15) is 4.79 Å². The number of carbonyl (C=O) groups is 1. The molecule has 0 unspecified atom stereocenters. The molecule has 0 saturated heterocycles. The Morgan fingerprint density at radius 1 is 1.37 bits per heavy atom. The van der Waals surface area contributed by atoms with Gasteiger partial charge in [0.2, 0.25) is 0 Å². The first-order chi connectivity index (χ1) is 9.15. The molecule has 0 aromatic carbocycles. The van der Waals surface area contributed by atoms with E-state index in [1.807, 2.05) is 6.92 Å². The van der Waals surface area contributed by atoms with Gasteiger partial charge >= 0.3 is 5.97 Å². The van der Waals surface area contributed by atoms with Gasteiger partial charge in [0.15, 0.2) is 0 Å². The van der Waals surface area contributed by atoms with Gasteiger partial charge in [-0.3, -0.25) is 0 Å². The molecule has 1 heterocycles. The number of hydrogen-bond donors (Lipinski definition) is 2. The number of hydrogen-bond acceptors (Lipinski definition) is 3. The van der Waals surface area contributed by atoms with Gasteiger partial charge < -0.3 is 10.4 Å². The first-order valence-corrected chi connectivity index (χ1v) is 7.11. The van der Waals surface area contributed by atoms with Crippen LogP contribution in [0, 0.1) is 12.8 Å². The van der Waals surface area contributed by atoms with E-state index >= 15 is 0 Å². The second-order valence-electron chi connectivity index (χ2n) is 5.41. The molecule has 0 bridgehead atoms. The van der Waals surface area contributed by atoms with Gasteiger partial charge in [-0.25, -0.2) is 9.78 Å². The van der Waals surface area contributed by atoms with E-state index in [0.717, 1.165) is 24.6 Å². The zero-order valence-corrected chi connectivity index (χ0v) is 11.5. The minimum absolute atomic E-state index is 0.299. The van der Waals surface area contributed by atoms with Crippen LogP contribution in [-0.4, -0.2) is 22.6 Å². The molecule has 19 heavy (non-hydrogen) atoms. The molecular weight excluding hydrogens is 240 g/mol. The molecule has 4 heteroatoms. The number of aromatic nitrogens is 1. The first-order valence-electron chi connectivity index (χ1n) is 7.11. The lowest BCUT2D eigenvalue weighted by Crippen LogP contribution is -2.13. The molecule has 0 aliphatic heterocycles. The predicted octanol–water partition coefficient (Wildman–Crippen LogP) is 3.47. The molecule has 0 amide bonds. The average Bonchev–Trinajstić information content (AvgIpc) is 2.39. The molecule has 104 valence electrons. The van der Waals surface area contributed by atoms with Crippen LogP contribution in [0.5, 0.6) is 0 Å². The van der Waals surface area contributed by atoms with E-state index in [0.29, 0.717) is 11.4 Å². The van der Waals surface area contributed by atoms with Crippen molar-refractivity contribution in [1.29, 1.82) is 0 Å². The van der Waals surface area contributed by atoms with Gasteiger partial charge in [-0.1, -0.05) is 32.1 Å². The number of aromatic carboxylic acids is 1. The smallest absolute Gasteiger partial charge is 0.335 e. The van der Waals surface area contributed by atoms with Crippen LogP contribution in [0.3, 0.4) is 0 Å². The summed E-state index contributed by atoms with van der Waals surface area (Å²) in [6, 6.07) is 3.20. The number of anilines is 1. The van der Waals surface area contributed by atoms with Crippen LogP contribution < -0.4 is 5.32 Å². The summed E-state index contributed by atoms with van der Waals surface area (Å²) in [5, 5.41) is 12.3. The Bertz CT molecular complexity index is 440. The largest absolute Gasteiger partial charge is 0.478 e. The number of carboxylic acid groups (broad SMARTS) is 1. The number of rotatable bonds is 5. The zero-order valence-electron chi connectivity index (χ0n) is 11.5. The fourth-order valence-corrected chi connectivity index (χ4v) is 2.76. The fraction of sp³-hybridized carbons (Fsp3) is 0.600. The SMILES string of the molecule is Cc1cc(C(=O)O)cc(NCCC2CCCCC2)n1. The highest BCUT2D eigenvalue weighted by Crippen LogP contribution is 2.26. The second-order valence-corrected chi connectivity index (χ2v) is 5.41. The summed E-state index contributed by atoms with van der Waals surface area (Å²) in [5.41, 5.74) is 1.03. The Morgan fingerprint density at radius 3 is 2.79 bits per heavy atom. The van der Waals surface area contributed by atoms with Gasteiger partial charge in [0.05, 0.1) is 5.56 Å². The third-order valence-corrected chi connectivity index (χ3v) is 3.78. The summed E-state index contributed by atoms with van der Waals surface area (Å²) >= 11 is 0.